The van der Waals surface area contributed by atoms with E-state index < -0.39 is 28.1 Å². The molecule has 146 valence electrons. The monoisotopic (exact) mass is 394 g/mol. The summed E-state index contributed by atoms with van der Waals surface area (Å²) in [6, 6.07) is 3.26. The van der Waals surface area contributed by atoms with E-state index in [9.17, 15) is 22.3 Å². The maximum Gasteiger partial charge on any atom is 0.244 e. The molecule has 4 aliphatic carbocycles. The summed E-state index contributed by atoms with van der Waals surface area (Å²) in [6.07, 6.45) is 4.54. The SMILES string of the molecule is CC1(C)C2C3CCC1(CS(=O)[O-])C(NC(=O)C=Cc1ccc(F)c(F)c1)C32. The summed E-state index contributed by atoms with van der Waals surface area (Å²) in [5.74, 6) is -0.846. The highest BCUT2D eigenvalue weighted by Crippen LogP contribution is 2.79. The van der Waals surface area contributed by atoms with Crippen LogP contribution in [-0.4, -0.2) is 26.5 Å². The Morgan fingerprint density at radius 1 is 1.37 bits per heavy atom. The summed E-state index contributed by atoms with van der Waals surface area (Å²) in [7, 11) is 0. The smallest absolute Gasteiger partial charge is 0.244 e. The van der Waals surface area contributed by atoms with E-state index in [2.05, 4.69) is 19.2 Å². The minimum Gasteiger partial charge on any atom is -0.772 e. The molecule has 4 fully saturated rings. The quantitative estimate of drug-likeness (QED) is 0.617. The molecule has 0 aliphatic heterocycles. The van der Waals surface area contributed by atoms with Crippen molar-refractivity contribution < 1.29 is 22.3 Å². The zero-order chi connectivity index (χ0) is 19.6. The fraction of sp³-hybridized carbons (Fsp3) is 0.550. The molecule has 1 aromatic rings. The molecular formula is C20H22F2NO3S-. The first-order chi connectivity index (χ1) is 12.7. The van der Waals surface area contributed by atoms with E-state index in [-0.39, 0.29) is 23.1 Å². The topological polar surface area (TPSA) is 69.2 Å². The normalized spacial score (nSPS) is 36.6. The second kappa shape index (κ2) is 6.21. The van der Waals surface area contributed by atoms with Crippen LogP contribution in [-0.2, 0) is 15.9 Å². The van der Waals surface area contributed by atoms with Crippen molar-refractivity contribution in [1.29, 1.82) is 0 Å². The van der Waals surface area contributed by atoms with Gasteiger partial charge >= 0.3 is 0 Å². The van der Waals surface area contributed by atoms with Crippen molar-refractivity contribution >= 4 is 23.1 Å². The number of amides is 1. The van der Waals surface area contributed by atoms with Crippen molar-refractivity contribution in [2.45, 2.75) is 32.7 Å². The van der Waals surface area contributed by atoms with Crippen LogP contribution in [0, 0.1) is 40.2 Å². The molecule has 4 nitrogen and oxygen atoms in total. The molecule has 27 heavy (non-hydrogen) atoms. The third-order valence-electron chi connectivity index (χ3n) is 7.29. The van der Waals surface area contributed by atoms with Gasteiger partial charge in [-0.1, -0.05) is 31.0 Å². The summed E-state index contributed by atoms with van der Waals surface area (Å²) in [4.78, 5) is 12.5. The second-order valence-corrected chi connectivity index (χ2v) is 9.52. The molecule has 6 unspecified atom stereocenters. The molecular weight excluding hydrogens is 372 g/mol. The van der Waals surface area contributed by atoms with E-state index in [4.69, 9.17) is 0 Å². The van der Waals surface area contributed by atoms with E-state index >= 15 is 0 Å². The van der Waals surface area contributed by atoms with Gasteiger partial charge in [-0.3, -0.25) is 9.00 Å². The number of hydrogen-bond donors (Lipinski definition) is 1. The van der Waals surface area contributed by atoms with E-state index in [1.165, 1.54) is 18.2 Å². The molecule has 7 heteroatoms. The maximum absolute atomic E-state index is 13.3. The van der Waals surface area contributed by atoms with Gasteiger partial charge in [-0.05, 0) is 59.8 Å². The summed E-state index contributed by atoms with van der Waals surface area (Å²) in [5.41, 5.74) is -0.200. The van der Waals surface area contributed by atoms with Crippen LogP contribution >= 0.6 is 0 Å². The Hall–Kier alpha value is -1.60. The fourth-order valence-corrected chi connectivity index (χ4v) is 7.14. The van der Waals surface area contributed by atoms with Crippen molar-refractivity contribution in [3.63, 3.8) is 0 Å². The van der Waals surface area contributed by atoms with Gasteiger partial charge < -0.3 is 9.87 Å². The lowest BCUT2D eigenvalue weighted by Crippen LogP contribution is -2.58. The lowest BCUT2D eigenvalue weighted by molar-refractivity contribution is -0.119. The van der Waals surface area contributed by atoms with E-state index in [1.807, 2.05) is 0 Å². The highest BCUT2D eigenvalue weighted by molar-refractivity contribution is 7.79. The van der Waals surface area contributed by atoms with Gasteiger partial charge in [-0.2, -0.15) is 0 Å². The fourth-order valence-electron chi connectivity index (χ4n) is 6.03. The summed E-state index contributed by atoms with van der Waals surface area (Å²) in [6.45, 7) is 4.25. The van der Waals surface area contributed by atoms with Gasteiger partial charge in [0.15, 0.2) is 11.6 Å². The van der Waals surface area contributed by atoms with Crippen LogP contribution in [0.15, 0.2) is 24.3 Å². The first kappa shape index (κ1) is 18.7. The third-order valence-corrected chi connectivity index (χ3v) is 8.04. The molecule has 0 radical (unpaired) electrons. The molecule has 4 saturated carbocycles. The lowest BCUT2D eigenvalue weighted by atomic mass is 9.56. The van der Waals surface area contributed by atoms with Crippen molar-refractivity contribution in [2.75, 3.05) is 5.75 Å². The number of rotatable bonds is 5. The molecule has 4 aliphatic rings. The first-order valence-corrected chi connectivity index (χ1v) is 10.4. The zero-order valence-electron chi connectivity index (χ0n) is 15.2. The van der Waals surface area contributed by atoms with Crippen LogP contribution in [0.2, 0.25) is 0 Å². The number of halogens is 2. The first-order valence-electron chi connectivity index (χ1n) is 9.17. The van der Waals surface area contributed by atoms with Gasteiger partial charge in [-0.15, -0.1) is 0 Å². The molecule has 0 spiro atoms. The minimum atomic E-state index is -2.18. The van der Waals surface area contributed by atoms with E-state index in [1.54, 1.807) is 0 Å². The molecule has 1 amide bonds. The Balaban J connectivity index is 1.53. The Morgan fingerprint density at radius 2 is 2.11 bits per heavy atom. The van der Waals surface area contributed by atoms with Gasteiger partial charge in [0.2, 0.25) is 5.91 Å². The van der Waals surface area contributed by atoms with Crippen LogP contribution in [0.25, 0.3) is 6.08 Å². The van der Waals surface area contributed by atoms with Crippen LogP contribution in [0.4, 0.5) is 8.78 Å². The standard InChI is InChI=1S/C20H23F2NO3S/c1-19(2)17-12-7-8-20(19,10-27(25)26)18(16(12)17)23-15(24)6-4-11-3-5-13(21)14(22)9-11/h3-6,9,12,16-18H,7-8,10H2,1-2H3,(H,23,24)(H,25,26)/p-1. The third kappa shape index (κ3) is 2.78. The van der Waals surface area contributed by atoms with Crippen molar-refractivity contribution in [3.8, 4) is 0 Å². The van der Waals surface area contributed by atoms with Gasteiger partial charge in [-0.25, -0.2) is 8.78 Å². The lowest BCUT2D eigenvalue weighted by Gasteiger charge is -2.53. The molecule has 0 aromatic heterocycles. The molecule has 0 heterocycles. The van der Waals surface area contributed by atoms with Gasteiger partial charge in [0.05, 0.1) is 0 Å². The maximum atomic E-state index is 13.3. The predicted molar refractivity (Wildman–Crippen MR) is 97.0 cm³/mol. The second-order valence-electron chi connectivity index (χ2n) is 8.62. The van der Waals surface area contributed by atoms with Gasteiger partial charge in [0.25, 0.3) is 0 Å². The average molecular weight is 394 g/mol. The molecule has 1 N–H and O–H groups in total. The Kier molecular flexibility index (Phi) is 4.31. The Bertz CT molecular complexity index is 856. The van der Waals surface area contributed by atoms with Crippen molar-refractivity contribution in [3.05, 3.63) is 41.5 Å². The van der Waals surface area contributed by atoms with Gasteiger partial charge in [0.1, 0.15) is 0 Å². The van der Waals surface area contributed by atoms with E-state index in [0.717, 1.165) is 25.0 Å². The summed E-state index contributed by atoms with van der Waals surface area (Å²) in [5, 5.41) is 3.03. The number of carbonyl (C=O) groups is 1. The number of carbonyl (C=O) groups excluding carboxylic acids is 1. The number of nitrogens with one attached hydrogen (secondary N) is 1. The number of hydrogen-bond acceptors (Lipinski definition) is 3. The molecule has 6 atom stereocenters. The van der Waals surface area contributed by atoms with E-state index in [0.29, 0.717) is 23.3 Å². The number of benzene rings is 1. The summed E-state index contributed by atoms with van der Waals surface area (Å²) >= 11 is -2.18. The average Bonchev–Trinajstić information content (AvgIpc) is 3.29. The van der Waals surface area contributed by atoms with Crippen molar-refractivity contribution in [1.82, 2.24) is 5.32 Å². The zero-order valence-corrected chi connectivity index (χ0v) is 16.0. The highest BCUT2D eigenvalue weighted by Gasteiger charge is 2.78. The predicted octanol–water partition coefficient (Wildman–Crippen LogP) is 3.02. The molecule has 0 saturated heterocycles. The highest BCUT2D eigenvalue weighted by atomic mass is 32.2. The minimum absolute atomic E-state index is 0.0531. The summed E-state index contributed by atoms with van der Waals surface area (Å²) < 4.78 is 49.4. The molecule has 1 aromatic carbocycles. The Labute approximate surface area is 159 Å². The molecule has 4 bridgehead atoms. The Morgan fingerprint density at radius 3 is 2.78 bits per heavy atom. The number of fused-ring (bicyclic) bond motifs is 1. The van der Waals surface area contributed by atoms with Crippen molar-refractivity contribution in [2.24, 2.45) is 28.6 Å². The van der Waals surface area contributed by atoms with Crippen LogP contribution in [0.5, 0.6) is 0 Å². The van der Waals surface area contributed by atoms with Gasteiger partial charge in [0, 0.05) is 23.3 Å². The largest absolute Gasteiger partial charge is 0.772 e. The van der Waals surface area contributed by atoms with Crippen LogP contribution in [0.1, 0.15) is 32.3 Å². The molecule has 5 rings (SSSR count). The van der Waals surface area contributed by atoms with Crippen LogP contribution in [0.3, 0.4) is 0 Å². The van der Waals surface area contributed by atoms with Crippen LogP contribution < -0.4 is 5.32 Å².